The normalized spacial score (nSPS) is 9.95. The predicted molar refractivity (Wildman–Crippen MR) is 89.0 cm³/mol. The Balaban J connectivity index is 0.00000141. The summed E-state index contributed by atoms with van der Waals surface area (Å²) in [6.45, 7) is 1.96. The molecule has 0 unspecified atom stereocenters. The zero-order valence-corrected chi connectivity index (χ0v) is 16.2. The van der Waals surface area contributed by atoms with Gasteiger partial charge in [0.25, 0.3) is 0 Å². The fourth-order valence-corrected chi connectivity index (χ4v) is 1.67. The van der Waals surface area contributed by atoms with Gasteiger partial charge in [0, 0.05) is 5.75 Å². The summed E-state index contributed by atoms with van der Waals surface area (Å²) >= 11 is 1.47. The van der Waals surface area contributed by atoms with Crippen molar-refractivity contribution in [3.05, 3.63) is 61.5 Å². The van der Waals surface area contributed by atoms with Crippen molar-refractivity contribution in [2.75, 3.05) is 14.2 Å². The number of halogens is 1. The fourth-order valence-electron chi connectivity index (χ4n) is 1.67. The first-order valence-electron chi connectivity index (χ1n) is 6.11. The SMILES string of the molecule is COc1c[c-]c(C(C)=Nc2ccc(OC)cc2)cc1.[CH3-].[Cl][Ir+2]. The van der Waals surface area contributed by atoms with E-state index in [1.165, 1.54) is 17.9 Å². The van der Waals surface area contributed by atoms with Gasteiger partial charge in [-0.05, 0) is 30.0 Å². The number of benzene rings is 2. The van der Waals surface area contributed by atoms with E-state index in [1.807, 2.05) is 49.4 Å². The Labute approximate surface area is 147 Å². The van der Waals surface area contributed by atoms with Crippen LogP contribution in [-0.2, 0) is 17.9 Å². The van der Waals surface area contributed by atoms with Crippen LogP contribution in [0.3, 0.4) is 0 Å². The average molecular weight is 497 g/mol. The van der Waals surface area contributed by atoms with Gasteiger partial charge >= 0.3 is 27.5 Å². The number of nitrogens with zero attached hydrogens (tertiary/aromatic N) is 1. The van der Waals surface area contributed by atoms with Gasteiger partial charge in [-0.3, -0.25) is 0 Å². The van der Waals surface area contributed by atoms with Crippen LogP contribution < -0.4 is 9.47 Å². The minimum absolute atomic E-state index is 0. The molecule has 0 heterocycles. The van der Waals surface area contributed by atoms with Crippen LogP contribution in [0.4, 0.5) is 5.69 Å². The van der Waals surface area contributed by atoms with Crippen molar-refractivity contribution in [1.29, 1.82) is 0 Å². The molecule has 0 aliphatic heterocycles. The van der Waals surface area contributed by atoms with E-state index in [0.717, 1.165) is 28.5 Å². The summed E-state index contributed by atoms with van der Waals surface area (Å²) in [5.41, 5.74) is 2.76. The van der Waals surface area contributed by atoms with Crippen molar-refractivity contribution in [2.24, 2.45) is 4.99 Å². The molecule has 2 rings (SSSR count). The third kappa shape index (κ3) is 6.18. The summed E-state index contributed by atoms with van der Waals surface area (Å²) in [6.07, 6.45) is 0. The number of hydrogen-bond acceptors (Lipinski definition) is 3. The first-order valence-corrected chi connectivity index (χ1v) is 9.08. The number of aliphatic imine (C=N–C) groups is 1. The van der Waals surface area contributed by atoms with Gasteiger partial charge < -0.3 is 21.9 Å². The van der Waals surface area contributed by atoms with Crippen LogP contribution >= 0.6 is 9.58 Å². The van der Waals surface area contributed by atoms with Crippen molar-refractivity contribution < 1.29 is 27.4 Å². The quantitative estimate of drug-likeness (QED) is 0.450. The molecule has 0 spiro atoms. The minimum atomic E-state index is 0. The number of methoxy groups -OCH3 is 2. The Kier molecular flexibility index (Phi) is 10.6. The van der Waals surface area contributed by atoms with Gasteiger partial charge in [0.1, 0.15) is 5.75 Å². The predicted octanol–water partition coefficient (Wildman–Crippen LogP) is 4.78. The van der Waals surface area contributed by atoms with Gasteiger partial charge in [-0.2, -0.15) is 0 Å². The molecule has 0 aromatic heterocycles. The van der Waals surface area contributed by atoms with Crippen LogP contribution in [0.1, 0.15) is 12.5 Å². The molecule has 2 aromatic rings. The van der Waals surface area contributed by atoms with Crippen LogP contribution in [-0.4, -0.2) is 19.9 Å². The maximum atomic E-state index is 5.12. The molecule has 0 fully saturated rings. The van der Waals surface area contributed by atoms with Crippen molar-refractivity contribution in [2.45, 2.75) is 6.92 Å². The van der Waals surface area contributed by atoms with Gasteiger partial charge in [0.15, 0.2) is 0 Å². The van der Waals surface area contributed by atoms with Crippen LogP contribution in [0.2, 0.25) is 0 Å². The second kappa shape index (κ2) is 11.2. The molecule has 0 saturated carbocycles. The van der Waals surface area contributed by atoms with Gasteiger partial charge in [0.05, 0.1) is 19.9 Å². The van der Waals surface area contributed by atoms with E-state index >= 15 is 0 Å². The molecule has 0 N–H and O–H groups in total. The third-order valence-corrected chi connectivity index (χ3v) is 2.78. The molecule has 0 aliphatic rings. The summed E-state index contributed by atoms with van der Waals surface area (Å²) < 4.78 is 10.2. The van der Waals surface area contributed by atoms with Crippen LogP contribution in [0.25, 0.3) is 0 Å². The Bertz CT molecular complexity index is 568. The monoisotopic (exact) mass is 497 g/mol. The van der Waals surface area contributed by atoms with E-state index in [-0.39, 0.29) is 7.43 Å². The maximum absolute atomic E-state index is 5.12. The van der Waals surface area contributed by atoms with E-state index in [2.05, 4.69) is 20.6 Å². The van der Waals surface area contributed by atoms with Crippen molar-refractivity contribution in [1.82, 2.24) is 0 Å². The third-order valence-electron chi connectivity index (χ3n) is 2.78. The van der Waals surface area contributed by atoms with E-state index in [1.54, 1.807) is 14.2 Å². The zero-order chi connectivity index (χ0) is 15.7. The standard InChI is InChI=1S/C16H16NO2.CH3.ClH.Ir/c1-12(13-4-8-15(18-2)9-5-13)17-14-6-10-16(19-3)11-7-14;;;/h4,6-11H,1-3H3;1H3;1H;/q2*-1;;+3/p-1. The molecule has 3 nitrogen and oxygen atoms in total. The molecular weight excluding hydrogens is 478 g/mol. The topological polar surface area (TPSA) is 30.8 Å². The van der Waals surface area contributed by atoms with Gasteiger partial charge in [-0.25, -0.2) is 0 Å². The number of rotatable bonds is 4. The van der Waals surface area contributed by atoms with E-state index in [0.29, 0.717) is 0 Å². The van der Waals surface area contributed by atoms with Crippen molar-refractivity contribution in [3.63, 3.8) is 0 Å². The number of ether oxygens (including phenoxy) is 2. The van der Waals surface area contributed by atoms with E-state index in [4.69, 9.17) is 9.47 Å². The molecular formula is C17H19ClIrNO2. The van der Waals surface area contributed by atoms with E-state index < -0.39 is 0 Å². The molecule has 22 heavy (non-hydrogen) atoms. The Morgan fingerprint density at radius 2 is 1.55 bits per heavy atom. The van der Waals surface area contributed by atoms with Crippen LogP contribution in [0, 0.1) is 13.5 Å². The molecule has 120 valence electrons. The molecule has 0 amide bonds. The summed E-state index contributed by atoms with van der Waals surface area (Å²) in [4.78, 5) is 4.55. The van der Waals surface area contributed by atoms with Crippen LogP contribution in [0.15, 0.2) is 47.5 Å². The summed E-state index contributed by atoms with van der Waals surface area (Å²) in [6, 6.07) is 16.4. The van der Waals surface area contributed by atoms with E-state index in [9.17, 15) is 0 Å². The van der Waals surface area contributed by atoms with Gasteiger partial charge in [-0.15, -0.1) is 29.8 Å². The molecule has 2 aromatic carbocycles. The second-order valence-electron chi connectivity index (χ2n) is 4.04. The molecule has 0 saturated heterocycles. The summed E-state index contributed by atoms with van der Waals surface area (Å²) in [7, 11) is 7.93. The summed E-state index contributed by atoms with van der Waals surface area (Å²) in [5, 5.41) is 0. The van der Waals surface area contributed by atoms with Gasteiger partial charge in [0.2, 0.25) is 0 Å². The Morgan fingerprint density at radius 1 is 1.00 bits per heavy atom. The fraction of sp³-hybridized carbons (Fsp3) is 0.176. The Morgan fingerprint density at radius 3 is 2.00 bits per heavy atom. The molecule has 0 radical (unpaired) electrons. The summed E-state index contributed by atoms with van der Waals surface area (Å²) in [5.74, 6) is 1.62. The molecule has 0 atom stereocenters. The first kappa shape index (κ1) is 20.6. The number of hydrogen-bond donors (Lipinski definition) is 0. The van der Waals surface area contributed by atoms with Crippen LogP contribution in [0.5, 0.6) is 11.5 Å². The molecule has 5 heteroatoms. The van der Waals surface area contributed by atoms with Crippen molar-refractivity contribution in [3.8, 4) is 11.5 Å². The molecule has 0 aliphatic carbocycles. The van der Waals surface area contributed by atoms with Gasteiger partial charge in [-0.1, -0.05) is 6.92 Å². The average Bonchev–Trinajstić information content (AvgIpc) is 2.57. The molecule has 0 bridgehead atoms. The second-order valence-corrected chi connectivity index (χ2v) is 4.04. The Hall–Kier alpha value is -1.35. The zero-order valence-electron chi connectivity index (χ0n) is 13.0. The van der Waals surface area contributed by atoms with Crippen molar-refractivity contribution >= 4 is 21.0 Å². The first-order chi connectivity index (χ1) is 10.2.